The second-order valence-corrected chi connectivity index (χ2v) is 6.61. The van der Waals surface area contributed by atoms with Gasteiger partial charge in [-0.15, -0.1) is 0 Å². The van der Waals surface area contributed by atoms with Gasteiger partial charge in [0.2, 0.25) is 0 Å². The van der Waals surface area contributed by atoms with E-state index in [2.05, 4.69) is 12.6 Å². The van der Waals surface area contributed by atoms with Crippen molar-refractivity contribution in [2.45, 2.75) is 89.2 Å². The zero-order valence-electron chi connectivity index (χ0n) is 14.1. The lowest BCUT2D eigenvalue weighted by Gasteiger charge is -2.11. The van der Waals surface area contributed by atoms with Crippen molar-refractivity contribution in [1.82, 2.24) is 0 Å². The molecule has 0 saturated heterocycles. The van der Waals surface area contributed by atoms with Crippen molar-refractivity contribution in [3.8, 4) is 0 Å². The van der Waals surface area contributed by atoms with E-state index in [-0.39, 0.29) is 6.61 Å². The van der Waals surface area contributed by atoms with Crippen LogP contribution in [0.5, 0.6) is 0 Å². The van der Waals surface area contributed by atoms with Gasteiger partial charge in [-0.3, -0.25) is 0 Å². The molecule has 0 aliphatic heterocycles. The van der Waals surface area contributed by atoms with E-state index in [1.807, 2.05) is 6.08 Å². The monoisotopic (exact) mass is 331 g/mol. The Morgan fingerprint density at radius 1 is 0.818 bits per heavy atom. The molecule has 0 fully saturated rings. The minimum atomic E-state index is -0.724. The Morgan fingerprint density at radius 2 is 1.27 bits per heavy atom. The number of unbranched alkanes of at least 4 members (excludes halogenated alkanes) is 11. The highest BCUT2D eigenvalue weighted by Crippen LogP contribution is 2.12. The van der Waals surface area contributed by atoms with Crippen LogP contribution >= 0.6 is 12.6 Å². The first-order valence-electron chi connectivity index (χ1n) is 9.04. The molecular formula is C18H37NO2S. The molecule has 0 radical (unpaired) electrons. The molecule has 0 rings (SSSR count). The molecule has 0 spiro atoms. The molecule has 132 valence electrons. The van der Waals surface area contributed by atoms with Gasteiger partial charge in [0.1, 0.15) is 0 Å². The number of rotatable bonds is 16. The Labute approximate surface area is 142 Å². The molecule has 3 nitrogen and oxygen atoms in total. The summed E-state index contributed by atoms with van der Waals surface area (Å²) in [5.41, 5.74) is 5.52. The Kier molecular flexibility index (Phi) is 17.3. The lowest BCUT2D eigenvalue weighted by molar-refractivity contribution is 0.144. The fraction of sp³-hybridized carbons (Fsp3) is 0.889. The molecule has 2 atom stereocenters. The summed E-state index contributed by atoms with van der Waals surface area (Å²) >= 11 is 4.22. The molecule has 4 N–H and O–H groups in total. The lowest BCUT2D eigenvalue weighted by Crippen LogP contribution is -2.36. The van der Waals surface area contributed by atoms with E-state index >= 15 is 0 Å². The Balaban J connectivity index is 3.19. The van der Waals surface area contributed by atoms with Crippen molar-refractivity contribution in [2.75, 3.05) is 12.4 Å². The van der Waals surface area contributed by atoms with E-state index in [4.69, 9.17) is 10.8 Å². The van der Waals surface area contributed by atoms with E-state index in [0.29, 0.717) is 0 Å². The minimum absolute atomic E-state index is 0.180. The van der Waals surface area contributed by atoms with Gasteiger partial charge in [0.25, 0.3) is 0 Å². The summed E-state index contributed by atoms with van der Waals surface area (Å²) < 4.78 is 0. The van der Waals surface area contributed by atoms with Gasteiger partial charge in [-0.1, -0.05) is 69.9 Å². The molecule has 0 saturated carbocycles. The van der Waals surface area contributed by atoms with Gasteiger partial charge in [0.15, 0.2) is 0 Å². The normalized spacial score (nSPS) is 14.5. The highest BCUT2D eigenvalue weighted by Gasteiger charge is 2.08. The van der Waals surface area contributed by atoms with Crippen molar-refractivity contribution in [1.29, 1.82) is 0 Å². The van der Waals surface area contributed by atoms with Crippen LogP contribution in [0.2, 0.25) is 0 Å². The largest absolute Gasteiger partial charge is 0.395 e. The third kappa shape index (κ3) is 14.9. The van der Waals surface area contributed by atoms with Crippen molar-refractivity contribution < 1.29 is 10.2 Å². The summed E-state index contributed by atoms with van der Waals surface area (Å²) in [5, 5.41) is 18.3. The number of aliphatic hydroxyl groups is 2. The van der Waals surface area contributed by atoms with Crippen molar-refractivity contribution in [3.05, 3.63) is 12.2 Å². The number of hydrogen-bond acceptors (Lipinski definition) is 4. The van der Waals surface area contributed by atoms with Crippen molar-refractivity contribution >= 4 is 12.6 Å². The Bertz CT molecular complexity index is 249. The van der Waals surface area contributed by atoms with Crippen molar-refractivity contribution in [2.24, 2.45) is 5.73 Å². The molecule has 0 aromatic carbocycles. The van der Waals surface area contributed by atoms with Gasteiger partial charge in [-0.05, 0) is 25.0 Å². The predicted octanol–water partition coefficient (Wildman–Crippen LogP) is 3.83. The molecule has 4 heteroatoms. The van der Waals surface area contributed by atoms with Crippen LogP contribution in [0.3, 0.4) is 0 Å². The second-order valence-electron chi connectivity index (χ2n) is 6.17. The van der Waals surface area contributed by atoms with E-state index < -0.39 is 12.1 Å². The van der Waals surface area contributed by atoms with E-state index in [1.54, 1.807) is 6.08 Å². The highest BCUT2D eigenvalue weighted by molar-refractivity contribution is 7.80. The molecule has 22 heavy (non-hydrogen) atoms. The maximum Gasteiger partial charge on any atom is 0.0894 e. The summed E-state index contributed by atoms with van der Waals surface area (Å²) in [7, 11) is 0. The van der Waals surface area contributed by atoms with Gasteiger partial charge in [-0.25, -0.2) is 0 Å². The molecule has 0 bridgehead atoms. The summed E-state index contributed by atoms with van der Waals surface area (Å²) in [6.07, 6.45) is 18.5. The molecule has 0 aliphatic rings. The topological polar surface area (TPSA) is 66.5 Å². The van der Waals surface area contributed by atoms with Gasteiger partial charge in [0.05, 0.1) is 18.8 Å². The zero-order valence-corrected chi connectivity index (χ0v) is 15.0. The van der Waals surface area contributed by atoms with Gasteiger partial charge < -0.3 is 15.9 Å². The van der Waals surface area contributed by atoms with Crippen LogP contribution in [0.4, 0.5) is 0 Å². The summed E-state index contributed by atoms with van der Waals surface area (Å²) in [5.74, 6) is 1.03. The first-order valence-corrected chi connectivity index (χ1v) is 9.67. The number of allylic oxidation sites excluding steroid dienone is 1. The summed E-state index contributed by atoms with van der Waals surface area (Å²) in [6.45, 7) is -0.180. The molecule has 0 aromatic heterocycles. The maximum absolute atomic E-state index is 9.53. The average Bonchev–Trinajstić information content (AvgIpc) is 2.54. The molecule has 0 aliphatic carbocycles. The number of thiol groups is 1. The van der Waals surface area contributed by atoms with Crippen LogP contribution in [0.15, 0.2) is 12.2 Å². The van der Waals surface area contributed by atoms with E-state index in [0.717, 1.165) is 12.2 Å². The molecule has 0 aromatic rings. The minimum Gasteiger partial charge on any atom is -0.395 e. The molecule has 0 heterocycles. The SMILES string of the molecule is N[C@@H](CO)[C@H](O)/C=C/CCCCCCCCCCCCCS. The molecule has 0 unspecified atom stereocenters. The lowest BCUT2D eigenvalue weighted by atomic mass is 10.0. The van der Waals surface area contributed by atoms with E-state index in [9.17, 15) is 5.11 Å². The number of nitrogens with two attached hydrogens (primary N) is 1. The second kappa shape index (κ2) is 17.3. The van der Waals surface area contributed by atoms with Crippen LogP contribution in [0.25, 0.3) is 0 Å². The van der Waals surface area contributed by atoms with Crippen LogP contribution < -0.4 is 5.73 Å². The summed E-state index contributed by atoms with van der Waals surface area (Å²) in [6, 6.07) is -0.561. The smallest absolute Gasteiger partial charge is 0.0894 e. The predicted molar refractivity (Wildman–Crippen MR) is 99.5 cm³/mol. The van der Waals surface area contributed by atoms with E-state index in [1.165, 1.54) is 70.6 Å². The fourth-order valence-corrected chi connectivity index (χ4v) is 2.67. The Hall–Kier alpha value is -0.0300. The third-order valence-electron chi connectivity index (χ3n) is 4.01. The fourth-order valence-electron chi connectivity index (χ4n) is 2.45. The van der Waals surface area contributed by atoms with Crippen LogP contribution in [-0.4, -0.2) is 34.7 Å². The van der Waals surface area contributed by atoms with Crippen LogP contribution in [0, 0.1) is 0 Å². The average molecular weight is 332 g/mol. The highest BCUT2D eigenvalue weighted by atomic mass is 32.1. The standard InChI is InChI=1S/C18H37NO2S/c19-17(16-20)18(21)14-12-10-8-6-4-2-1-3-5-7-9-11-13-15-22/h12,14,17-18,20-22H,1-11,13,15-16,19H2/b14-12+/t17-,18+/m0/s1. The number of aliphatic hydroxyl groups excluding tert-OH is 2. The number of hydrogen-bond donors (Lipinski definition) is 4. The third-order valence-corrected chi connectivity index (χ3v) is 4.33. The Morgan fingerprint density at radius 3 is 1.73 bits per heavy atom. The van der Waals surface area contributed by atoms with Gasteiger partial charge in [-0.2, -0.15) is 12.6 Å². The first kappa shape index (κ1) is 22.0. The molecular weight excluding hydrogens is 294 g/mol. The van der Waals surface area contributed by atoms with Gasteiger partial charge >= 0.3 is 0 Å². The zero-order chi connectivity index (χ0) is 16.5. The van der Waals surface area contributed by atoms with Crippen LogP contribution in [0.1, 0.15) is 77.0 Å². The van der Waals surface area contributed by atoms with Gasteiger partial charge in [0, 0.05) is 0 Å². The maximum atomic E-state index is 9.53. The van der Waals surface area contributed by atoms with Crippen LogP contribution in [-0.2, 0) is 0 Å². The molecule has 0 amide bonds. The van der Waals surface area contributed by atoms with Crippen molar-refractivity contribution in [3.63, 3.8) is 0 Å². The summed E-state index contributed by atoms with van der Waals surface area (Å²) in [4.78, 5) is 0. The first-order chi connectivity index (χ1) is 10.7. The quantitative estimate of drug-likeness (QED) is 0.197.